The van der Waals surface area contributed by atoms with Crippen molar-refractivity contribution in [1.29, 1.82) is 0 Å². The second kappa shape index (κ2) is 4.62. The summed E-state index contributed by atoms with van der Waals surface area (Å²) in [6.45, 7) is 2.04. The monoisotopic (exact) mass is 289 g/mol. The zero-order chi connectivity index (χ0) is 14.6. The number of nitrogens with zero attached hydrogens (tertiary/aromatic N) is 1. The van der Waals surface area contributed by atoms with E-state index in [4.69, 9.17) is 9.47 Å². The lowest BCUT2D eigenvalue weighted by molar-refractivity contribution is 0.0120. The average molecular weight is 289 g/mol. The Morgan fingerprint density at radius 2 is 2.24 bits per heavy atom. The summed E-state index contributed by atoms with van der Waals surface area (Å²) < 4.78 is 11.8. The number of aliphatic hydroxyl groups is 1. The van der Waals surface area contributed by atoms with Crippen molar-refractivity contribution >= 4 is 0 Å². The molecule has 2 heterocycles. The van der Waals surface area contributed by atoms with Gasteiger partial charge in [-0.3, -0.25) is 0 Å². The van der Waals surface area contributed by atoms with Crippen LogP contribution < -0.4 is 9.47 Å². The van der Waals surface area contributed by atoms with Gasteiger partial charge >= 0.3 is 0 Å². The predicted octanol–water partition coefficient (Wildman–Crippen LogP) is 2.07. The highest BCUT2D eigenvalue weighted by Gasteiger charge is 2.54. The van der Waals surface area contributed by atoms with Gasteiger partial charge in [0.05, 0.1) is 13.2 Å². The highest BCUT2D eigenvalue weighted by molar-refractivity contribution is 5.58. The Labute approximate surface area is 125 Å². The first kappa shape index (κ1) is 13.4. The minimum Gasteiger partial charge on any atom is -0.493 e. The van der Waals surface area contributed by atoms with Gasteiger partial charge in [0.25, 0.3) is 0 Å². The number of ether oxygens (including phenoxy) is 2. The Morgan fingerprint density at radius 1 is 1.38 bits per heavy atom. The number of methoxy groups -OCH3 is 1. The lowest BCUT2D eigenvalue weighted by Gasteiger charge is -2.40. The van der Waals surface area contributed by atoms with Crippen LogP contribution in [-0.4, -0.2) is 42.9 Å². The molecule has 0 bridgehead atoms. The molecule has 1 N–H and O–H groups in total. The van der Waals surface area contributed by atoms with E-state index in [2.05, 4.69) is 18.0 Å². The molecule has 4 rings (SSSR count). The van der Waals surface area contributed by atoms with E-state index in [0.717, 1.165) is 50.3 Å². The van der Waals surface area contributed by atoms with E-state index < -0.39 is 0 Å². The molecule has 0 aromatic heterocycles. The Kier molecular flexibility index (Phi) is 2.95. The molecule has 1 saturated carbocycles. The molecule has 1 aromatic rings. The van der Waals surface area contributed by atoms with Gasteiger partial charge in [-0.2, -0.15) is 0 Å². The van der Waals surface area contributed by atoms with Crippen LogP contribution in [0.3, 0.4) is 0 Å². The van der Waals surface area contributed by atoms with Gasteiger partial charge in [0.2, 0.25) is 0 Å². The maximum Gasteiger partial charge on any atom is 0.165 e. The minimum absolute atomic E-state index is 0.0726. The Morgan fingerprint density at radius 3 is 3.05 bits per heavy atom. The van der Waals surface area contributed by atoms with Crippen molar-refractivity contribution in [2.45, 2.75) is 49.9 Å². The molecular weight excluding hydrogens is 266 g/mol. The molecule has 4 heteroatoms. The molecule has 3 atom stereocenters. The molecule has 114 valence electrons. The molecule has 1 aromatic carbocycles. The SMILES string of the molecule is COc1ccc2c3c1O[C@@H]1CC(O)CC[C@]31CCN(C)C2. The van der Waals surface area contributed by atoms with Crippen LogP contribution >= 0.6 is 0 Å². The molecule has 1 fully saturated rings. The summed E-state index contributed by atoms with van der Waals surface area (Å²) in [7, 11) is 3.88. The summed E-state index contributed by atoms with van der Waals surface area (Å²) in [5.41, 5.74) is 2.80. The largest absolute Gasteiger partial charge is 0.493 e. The van der Waals surface area contributed by atoms with Crippen molar-refractivity contribution in [1.82, 2.24) is 4.90 Å². The third-order valence-corrected chi connectivity index (χ3v) is 5.59. The third-order valence-electron chi connectivity index (χ3n) is 5.59. The number of aliphatic hydroxyl groups excluding tert-OH is 1. The molecule has 1 spiro atoms. The van der Waals surface area contributed by atoms with Crippen molar-refractivity contribution in [3.63, 3.8) is 0 Å². The standard InChI is InChI=1S/C17H23NO3/c1-18-8-7-17-6-5-12(19)9-14(17)21-16-13(20-2)4-3-11(10-18)15(16)17/h3-4,12,14,19H,5-10H2,1-2H3/t12?,14-,17-/m1/s1. The van der Waals surface area contributed by atoms with E-state index in [9.17, 15) is 5.11 Å². The second-order valence-electron chi connectivity index (χ2n) is 6.81. The van der Waals surface area contributed by atoms with Crippen LogP contribution in [-0.2, 0) is 12.0 Å². The Balaban J connectivity index is 1.90. The van der Waals surface area contributed by atoms with Crippen molar-refractivity contribution < 1.29 is 14.6 Å². The number of rotatable bonds is 1. The molecule has 0 saturated heterocycles. The zero-order valence-corrected chi connectivity index (χ0v) is 12.8. The predicted molar refractivity (Wildman–Crippen MR) is 79.9 cm³/mol. The fraction of sp³-hybridized carbons (Fsp3) is 0.647. The summed E-state index contributed by atoms with van der Waals surface area (Å²) in [5, 5.41) is 10.1. The quantitative estimate of drug-likeness (QED) is 0.859. The van der Waals surface area contributed by atoms with E-state index in [1.165, 1.54) is 11.1 Å². The summed E-state index contributed by atoms with van der Waals surface area (Å²) >= 11 is 0. The summed E-state index contributed by atoms with van der Waals surface area (Å²) in [6, 6.07) is 4.22. The average Bonchev–Trinajstić information content (AvgIpc) is 2.72. The van der Waals surface area contributed by atoms with Crippen molar-refractivity contribution in [3.8, 4) is 11.5 Å². The van der Waals surface area contributed by atoms with Crippen LogP contribution in [0.5, 0.6) is 11.5 Å². The van der Waals surface area contributed by atoms with E-state index >= 15 is 0 Å². The van der Waals surface area contributed by atoms with E-state index in [-0.39, 0.29) is 17.6 Å². The number of hydrogen-bond acceptors (Lipinski definition) is 4. The lowest BCUT2D eigenvalue weighted by atomic mass is 9.65. The van der Waals surface area contributed by atoms with Crippen LogP contribution in [0.15, 0.2) is 12.1 Å². The van der Waals surface area contributed by atoms with Crippen molar-refractivity contribution in [2.24, 2.45) is 0 Å². The Bertz CT molecular complexity index is 573. The van der Waals surface area contributed by atoms with Crippen molar-refractivity contribution in [3.05, 3.63) is 23.3 Å². The fourth-order valence-electron chi connectivity index (χ4n) is 4.50. The summed E-state index contributed by atoms with van der Waals surface area (Å²) in [4.78, 5) is 2.39. The first-order valence-electron chi connectivity index (χ1n) is 7.87. The van der Waals surface area contributed by atoms with Gasteiger partial charge in [-0.25, -0.2) is 0 Å². The number of benzene rings is 1. The second-order valence-corrected chi connectivity index (χ2v) is 6.81. The van der Waals surface area contributed by atoms with E-state index in [0.29, 0.717) is 0 Å². The van der Waals surface area contributed by atoms with E-state index in [1.54, 1.807) is 7.11 Å². The molecule has 1 aliphatic carbocycles. The first-order chi connectivity index (χ1) is 10.1. The molecular formula is C17H23NO3. The maximum absolute atomic E-state index is 10.1. The molecule has 0 amide bonds. The maximum atomic E-state index is 10.1. The summed E-state index contributed by atoms with van der Waals surface area (Å²) in [5.74, 6) is 1.77. The van der Waals surface area contributed by atoms with Gasteiger partial charge in [-0.05, 0) is 44.5 Å². The normalized spacial score (nSPS) is 34.6. The smallest absolute Gasteiger partial charge is 0.165 e. The van der Waals surface area contributed by atoms with Crippen LogP contribution in [0, 0.1) is 0 Å². The molecule has 0 radical (unpaired) electrons. The van der Waals surface area contributed by atoms with Gasteiger partial charge in [0.15, 0.2) is 11.5 Å². The van der Waals surface area contributed by atoms with Gasteiger partial charge < -0.3 is 19.5 Å². The van der Waals surface area contributed by atoms with Crippen LogP contribution in [0.4, 0.5) is 0 Å². The number of hydrogen-bond donors (Lipinski definition) is 1. The molecule has 2 aliphatic heterocycles. The van der Waals surface area contributed by atoms with Gasteiger partial charge in [-0.15, -0.1) is 0 Å². The van der Waals surface area contributed by atoms with Crippen LogP contribution in [0.1, 0.15) is 36.8 Å². The molecule has 21 heavy (non-hydrogen) atoms. The van der Waals surface area contributed by atoms with Crippen LogP contribution in [0.2, 0.25) is 0 Å². The van der Waals surface area contributed by atoms with Crippen molar-refractivity contribution in [2.75, 3.05) is 20.7 Å². The first-order valence-corrected chi connectivity index (χ1v) is 7.87. The van der Waals surface area contributed by atoms with Crippen LogP contribution in [0.25, 0.3) is 0 Å². The molecule has 4 nitrogen and oxygen atoms in total. The zero-order valence-electron chi connectivity index (χ0n) is 12.8. The van der Waals surface area contributed by atoms with E-state index in [1.807, 2.05) is 6.07 Å². The minimum atomic E-state index is -0.231. The summed E-state index contributed by atoms with van der Waals surface area (Å²) in [6.07, 6.45) is 3.59. The third kappa shape index (κ3) is 1.82. The van der Waals surface area contributed by atoms with Gasteiger partial charge in [0, 0.05) is 23.9 Å². The fourth-order valence-corrected chi connectivity index (χ4v) is 4.50. The van der Waals surface area contributed by atoms with Gasteiger partial charge in [-0.1, -0.05) is 6.07 Å². The lowest BCUT2D eigenvalue weighted by Crippen LogP contribution is -2.45. The highest BCUT2D eigenvalue weighted by atomic mass is 16.5. The Hall–Kier alpha value is -1.26. The highest BCUT2D eigenvalue weighted by Crippen LogP contribution is 2.57. The van der Waals surface area contributed by atoms with Gasteiger partial charge in [0.1, 0.15) is 6.10 Å². The molecule has 1 unspecified atom stereocenters. The molecule has 3 aliphatic rings. The topological polar surface area (TPSA) is 41.9 Å².